The molecule has 0 atom stereocenters. The van der Waals surface area contributed by atoms with Crippen molar-refractivity contribution >= 4 is 17.5 Å². The van der Waals surface area contributed by atoms with E-state index in [0.717, 1.165) is 5.56 Å². The molecule has 0 radical (unpaired) electrons. The number of nitrogens with zero attached hydrogens (tertiary/aromatic N) is 2. The number of ketones is 1. The molecule has 0 saturated heterocycles. The van der Waals surface area contributed by atoms with Crippen LogP contribution in [0.15, 0.2) is 54.1 Å². The zero-order valence-corrected chi connectivity index (χ0v) is 14.3. The summed E-state index contributed by atoms with van der Waals surface area (Å²) in [5.74, 6) is -0.408. The summed E-state index contributed by atoms with van der Waals surface area (Å²) in [5, 5.41) is 20.1. The van der Waals surface area contributed by atoms with Gasteiger partial charge in [0.25, 0.3) is 5.69 Å². The van der Waals surface area contributed by atoms with Crippen LogP contribution < -0.4 is 0 Å². The van der Waals surface area contributed by atoms with Gasteiger partial charge in [0.1, 0.15) is 11.6 Å². The predicted molar refractivity (Wildman–Crippen MR) is 96.2 cm³/mol. The monoisotopic (exact) mass is 334 g/mol. The van der Waals surface area contributed by atoms with Crippen LogP contribution in [0.5, 0.6) is 0 Å². The first-order chi connectivity index (χ1) is 11.7. The lowest BCUT2D eigenvalue weighted by molar-refractivity contribution is -0.384. The number of carbonyl (C=O) groups is 1. The largest absolute Gasteiger partial charge is 0.288 e. The summed E-state index contributed by atoms with van der Waals surface area (Å²) in [6.45, 7) is 6.23. The van der Waals surface area contributed by atoms with Crippen molar-refractivity contribution in [2.45, 2.75) is 26.2 Å². The van der Waals surface area contributed by atoms with Crippen LogP contribution in [-0.2, 0) is 5.41 Å². The summed E-state index contributed by atoms with van der Waals surface area (Å²) in [4.78, 5) is 22.8. The fraction of sp³-hybridized carbons (Fsp3) is 0.200. The minimum absolute atomic E-state index is 0.0293. The number of allylic oxidation sites excluding steroid dienone is 1. The van der Waals surface area contributed by atoms with Gasteiger partial charge < -0.3 is 0 Å². The molecule has 126 valence electrons. The number of hydrogen-bond acceptors (Lipinski definition) is 4. The maximum absolute atomic E-state index is 12.5. The molecule has 0 saturated carbocycles. The minimum atomic E-state index is -0.517. The predicted octanol–water partition coefficient (Wildman–Crippen LogP) is 4.68. The zero-order chi connectivity index (χ0) is 18.6. The van der Waals surface area contributed by atoms with Crippen molar-refractivity contribution in [3.8, 4) is 6.07 Å². The molecule has 0 N–H and O–H groups in total. The average molecular weight is 334 g/mol. The normalized spacial score (nSPS) is 11.7. The standard InChI is InChI=1S/C20H18N2O3/c1-20(2,3)17-9-7-15(8-10-17)19(23)16(13-21)11-14-5-4-6-18(12-14)22(24)25/h4-12H,1-3H3/b16-11+. The number of Topliss-reactive ketones (excluding diaryl/α,β-unsaturated/α-hetero) is 1. The molecule has 0 aromatic heterocycles. The molecule has 5 heteroatoms. The first-order valence-corrected chi connectivity index (χ1v) is 7.74. The summed E-state index contributed by atoms with van der Waals surface area (Å²) >= 11 is 0. The molecule has 0 aliphatic rings. The highest BCUT2D eigenvalue weighted by Gasteiger charge is 2.16. The van der Waals surface area contributed by atoms with Crippen molar-refractivity contribution in [1.29, 1.82) is 5.26 Å². The number of non-ortho nitro benzene ring substituents is 1. The highest BCUT2D eigenvalue weighted by Crippen LogP contribution is 2.23. The van der Waals surface area contributed by atoms with E-state index in [2.05, 4.69) is 20.8 Å². The lowest BCUT2D eigenvalue weighted by Gasteiger charge is -2.18. The van der Waals surface area contributed by atoms with Gasteiger partial charge in [0.2, 0.25) is 5.78 Å². The molecule has 0 spiro atoms. The van der Waals surface area contributed by atoms with Crippen molar-refractivity contribution in [1.82, 2.24) is 0 Å². The van der Waals surface area contributed by atoms with Gasteiger partial charge in [-0.25, -0.2) is 0 Å². The molecular weight excluding hydrogens is 316 g/mol. The topological polar surface area (TPSA) is 84.0 Å². The second-order valence-corrected chi connectivity index (χ2v) is 6.68. The molecule has 0 unspecified atom stereocenters. The van der Waals surface area contributed by atoms with Crippen LogP contribution in [-0.4, -0.2) is 10.7 Å². The Hall–Kier alpha value is -3.26. The maximum atomic E-state index is 12.5. The summed E-state index contributed by atoms with van der Waals surface area (Å²) < 4.78 is 0. The SMILES string of the molecule is CC(C)(C)c1ccc(C(=O)/C(C#N)=C/c2cccc([N+](=O)[O-])c2)cc1. The number of carbonyl (C=O) groups excluding carboxylic acids is 1. The van der Waals surface area contributed by atoms with Crippen molar-refractivity contribution in [3.05, 3.63) is 80.9 Å². The second kappa shape index (κ2) is 7.10. The molecule has 0 fully saturated rings. The van der Waals surface area contributed by atoms with E-state index in [1.54, 1.807) is 18.2 Å². The Kier molecular flexibility index (Phi) is 5.14. The lowest BCUT2D eigenvalue weighted by Crippen LogP contribution is -2.11. The summed E-state index contributed by atoms with van der Waals surface area (Å²) in [7, 11) is 0. The lowest BCUT2D eigenvalue weighted by atomic mass is 9.86. The van der Waals surface area contributed by atoms with Gasteiger partial charge >= 0.3 is 0 Å². The van der Waals surface area contributed by atoms with Gasteiger partial charge in [-0.15, -0.1) is 0 Å². The number of rotatable bonds is 4. The Labute approximate surface area is 146 Å². The van der Waals surface area contributed by atoms with Crippen molar-refractivity contribution in [2.24, 2.45) is 0 Å². The quantitative estimate of drug-likeness (QED) is 0.267. The Morgan fingerprint density at radius 3 is 2.32 bits per heavy atom. The average Bonchev–Trinajstić information content (AvgIpc) is 2.58. The van der Waals surface area contributed by atoms with E-state index in [1.165, 1.54) is 24.3 Å². The Morgan fingerprint density at radius 2 is 1.80 bits per heavy atom. The third-order valence-electron chi connectivity index (χ3n) is 3.77. The smallest absolute Gasteiger partial charge is 0.270 e. The van der Waals surface area contributed by atoms with Gasteiger partial charge in [0.15, 0.2) is 0 Å². The minimum Gasteiger partial charge on any atom is -0.288 e. The molecule has 25 heavy (non-hydrogen) atoms. The van der Waals surface area contributed by atoms with Crippen LogP contribution in [0.1, 0.15) is 42.3 Å². The van der Waals surface area contributed by atoms with Gasteiger partial charge in [0.05, 0.1) is 4.92 Å². The van der Waals surface area contributed by atoms with Crippen LogP contribution >= 0.6 is 0 Å². The molecule has 0 aliphatic heterocycles. The number of hydrogen-bond donors (Lipinski definition) is 0. The van der Waals surface area contributed by atoms with E-state index in [1.807, 2.05) is 18.2 Å². The summed E-state index contributed by atoms with van der Waals surface area (Å²) in [6.07, 6.45) is 1.37. The third kappa shape index (κ3) is 4.39. The van der Waals surface area contributed by atoms with Crippen molar-refractivity contribution in [2.75, 3.05) is 0 Å². The Morgan fingerprint density at radius 1 is 1.16 bits per heavy atom. The van der Waals surface area contributed by atoms with E-state index in [0.29, 0.717) is 11.1 Å². The summed E-state index contributed by atoms with van der Waals surface area (Å²) in [6, 6.07) is 14.8. The van der Waals surface area contributed by atoms with E-state index < -0.39 is 10.7 Å². The van der Waals surface area contributed by atoms with Crippen LogP contribution in [0.25, 0.3) is 6.08 Å². The molecule has 2 aromatic carbocycles. The maximum Gasteiger partial charge on any atom is 0.270 e. The van der Waals surface area contributed by atoms with Gasteiger partial charge in [-0.3, -0.25) is 14.9 Å². The molecule has 0 heterocycles. The van der Waals surface area contributed by atoms with Crippen LogP contribution in [0.2, 0.25) is 0 Å². The zero-order valence-electron chi connectivity index (χ0n) is 14.3. The number of nitro groups is 1. The highest BCUT2D eigenvalue weighted by molar-refractivity contribution is 6.14. The molecule has 5 nitrogen and oxygen atoms in total. The van der Waals surface area contributed by atoms with E-state index >= 15 is 0 Å². The van der Waals surface area contributed by atoms with Gasteiger partial charge in [-0.05, 0) is 22.6 Å². The van der Waals surface area contributed by atoms with Crippen LogP contribution in [0, 0.1) is 21.4 Å². The van der Waals surface area contributed by atoms with Crippen LogP contribution in [0.3, 0.4) is 0 Å². The third-order valence-corrected chi connectivity index (χ3v) is 3.77. The molecule has 0 amide bonds. The van der Waals surface area contributed by atoms with E-state index in [4.69, 9.17) is 0 Å². The van der Waals surface area contributed by atoms with Crippen LogP contribution in [0.4, 0.5) is 5.69 Å². The Balaban J connectivity index is 2.34. The first-order valence-electron chi connectivity index (χ1n) is 7.74. The molecule has 0 aliphatic carbocycles. The molecule has 2 rings (SSSR count). The van der Waals surface area contributed by atoms with Crippen molar-refractivity contribution < 1.29 is 9.72 Å². The van der Waals surface area contributed by atoms with Crippen molar-refractivity contribution in [3.63, 3.8) is 0 Å². The molecular formula is C20H18N2O3. The van der Waals surface area contributed by atoms with Gasteiger partial charge in [0, 0.05) is 17.7 Å². The van der Waals surface area contributed by atoms with Gasteiger partial charge in [-0.2, -0.15) is 5.26 Å². The number of benzene rings is 2. The highest BCUT2D eigenvalue weighted by atomic mass is 16.6. The Bertz CT molecular complexity index is 882. The van der Waals surface area contributed by atoms with E-state index in [9.17, 15) is 20.2 Å². The fourth-order valence-electron chi connectivity index (χ4n) is 2.32. The molecule has 2 aromatic rings. The fourth-order valence-corrected chi connectivity index (χ4v) is 2.32. The number of nitro benzene ring substituents is 1. The second-order valence-electron chi connectivity index (χ2n) is 6.68. The van der Waals surface area contributed by atoms with Gasteiger partial charge in [-0.1, -0.05) is 57.2 Å². The summed E-state index contributed by atoms with van der Waals surface area (Å²) in [5.41, 5.74) is 1.75. The number of nitriles is 1. The molecule has 0 bridgehead atoms. The van der Waals surface area contributed by atoms with E-state index in [-0.39, 0.29) is 16.7 Å². The first kappa shape index (κ1) is 18.1.